The van der Waals surface area contributed by atoms with E-state index >= 15 is 0 Å². The zero-order valence-corrected chi connectivity index (χ0v) is 13.4. The van der Waals surface area contributed by atoms with Crippen molar-refractivity contribution in [1.82, 2.24) is 4.90 Å². The predicted octanol–water partition coefficient (Wildman–Crippen LogP) is 2.16. The topological polar surface area (TPSA) is 63.4 Å². The molecule has 0 amide bonds. The quantitative estimate of drug-likeness (QED) is 0.934. The highest BCUT2D eigenvalue weighted by atomic mass is 32.2. The van der Waals surface area contributed by atoms with Crippen LogP contribution in [0.4, 0.5) is 0 Å². The van der Waals surface area contributed by atoms with Crippen LogP contribution in [0.3, 0.4) is 0 Å². The third-order valence-electron chi connectivity index (χ3n) is 3.01. The van der Waals surface area contributed by atoms with E-state index in [9.17, 15) is 8.42 Å². The van der Waals surface area contributed by atoms with E-state index in [-0.39, 0.29) is 4.21 Å². The maximum atomic E-state index is 11.3. The minimum Gasteiger partial charge on any atom is -0.297 e. The molecule has 4 nitrogen and oxygen atoms in total. The molecule has 2 aromatic heterocycles. The number of thioether (sulfide) groups is 1. The fourth-order valence-corrected chi connectivity index (χ4v) is 6.48. The van der Waals surface area contributed by atoms with Crippen LogP contribution in [0.25, 0.3) is 9.40 Å². The number of nitrogens with two attached hydrogens (primary N) is 1. The molecule has 2 aromatic rings. The Kier molecular flexibility index (Phi) is 3.89. The molecule has 1 aliphatic rings. The Morgan fingerprint density at radius 2 is 1.95 bits per heavy atom. The van der Waals surface area contributed by atoms with Crippen LogP contribution in [0.15, 0.2) is 16.3 Å². The largest absolute Gasteiger partial charge is 0.297 e. The molecule has 3 heterocycles. The molecule has 0 aliphatic carbocycles. The van der Waals surface area contributed by atoms with Gasteiger partial charge < -0.3 is 0 Å². The molecule has 0 unspecified atom stereocenters. The molecule has 3 rings (SSSR count). The molecule has 0 aromatic carbocycles. The van der Waals surface area contributed by atoms with E-state index in [1.165, 1.54) is 27.7 Å². The first-order valence-corrected chi connectivity index (χ1v) is 10.2. The van der Waals surface area contributed by atoms with Crippen molar-refractivity contribution >= 4 is 53.9 Å². The standard InChI is InChI=1S/C11H14N2O2S4/c12-19(14,15)10-6-8-5-9(17-11(8)18-10)7-13-1-3-16-4-2-13/h5-6H,1-4,7H2,(H2,12,14,15). The van der Waals surface area contributed by atoms with Crippen molar-refractivity contribution in [2.24, 2.45) is 5.14 Å². The van der Waals surface area contributed by atoms with E-state index in [0.717, 1.165) is 29.0 Å². The number of hydrogen-bond acceptors (Lipinski definition) is 6. The lowest BCUT2D eigenvalue weighted by atomic mass is 10.3. The van der Waals surface area contributed by atoms with E-state index in [0.29, 0.717) is 0 Å². The number of nitrogens with zero attached hydrogens (tertiary/aromatic N) is 1. The van der Waals surface area contributed by atoms with Crippen molar-refractivity contribution in [3.63, 3.8) is 0 Å². The lowest BCUT2D eigenvalue weighted by molar-refractivity contribution is 0.297. The smallest absolute Gasteiger partial charge is 0.247 e. The van der Waals surface area contributed by atoms with Crippen LogP contribution in [-0.4, -0.2) is 37.9 Å². The average molecular weight is 335 g/mol. The molecule has 0 spiro atoms. The van der Waals surface area contributed by atoms with Crippen molar-refractivity contribution in [2.75, 3.05) is 24.6 Å². The third-order valence-corrected chi connectivity index (χ3v) is 7.74. The molecule has 0 radical (unpaired) electrons. The molecular formula is C11H14N2O2S4. The van der Waals surface area contributed by atoms with Gasteiger partial charge in [0.1, 0.15) is 4.21 Å². The van der Waals surface area contributed by atoms with Gasteiger partial charge in [-0.25, -0.2) is 13.6 Å². The minimum atomic E-state index is -3.56. The summed E-state index contributed by atoms with van der Waals surface area (Å²) in [4.78, 5) is 3.75. The molecule has 104 valence electrons. The van der Waals surface area contributed by atoms with Crippen molar-refractivity contribution in [2.45, 2.75) is 10.8 Å². The normalized spacial score (nSPS) is 18.2. The highest BCUT2D eigenvalue weighted by molar-refractivity contribution is 7.99. The van der Waals surface area contributed by atoms with Crippen molar-refractivity contribution in [1.29, 1.82) is 0 Å². The van der Waals surface area contributed by atoms with Crippen LogP contribution in [0.5, 0.6) is 0 Å². The maximum Gasteiger partial charge on any atom is 0.247 e. The molecule has 0 bridgehead atoms. The molecule has 0 atom stereocenters. The van der Waals surface area contributed by atoms with E-state index in [4.69, 9.17) is 5.14 Å². The summed E-state index contributed by atoms with van der Waals surface area (Å²) >= 11 is 4.95. The molecule has 1 aliphatic heterocycles. The van der Waals surface area contributed by atoms with Crippen molar-refractivity contribution in [3.8, 4) is 0 Å². The number of rotatable bonds is 3. The molecule has 0 saturated carbocycles. The molecule has 2 N–H and O–H groups in total. The van der Waals surface area contributed by atoms with Crippen LogP contribution < -0.4 is 5.14 Å². The summed E-state index contributed by atoms with van der Waals surface area (Å²) in [6.07, 6.45) is 0. The van der Waals surface area contributed by atoms with Gasteiger partial charge in [-0.2, -0.15) is 11.8 Å². The fraction of sp³-hybridized carbons (Fsp3) is 0.455. The van der Waals surface area contributed by atoms with Gasteiger partial charge in [0.2, 0.25) is 10.0 Å². The van der Waals surface area contributed by atoms with Gasteiger partial charge in [-0.15, -0.1) is 22.7 Å². The third kappa shape index (κ3) is 3.14. The monoisotopic (exact) mass is 334 g/mol. The van der Waals surface area contributed by atoms with Gasteiger partial charge in [0, 0.05) is 41.4 Å². The molecular weight excluding hydrogens is 320 g/mol. The van der Waals surface area contributed by atoms with Gasteiger partial charge >= 0.3 is 0 Å². The average Bonchev–Trinajstić information content (AvgIpc) is 2.87. The first-order chi connectivity index (χ1) is 9.02. The Balaban J connectivity index is 1.81. The zero-order valence-electron chi connectivity index (χ0n) is 10.2. The van der Waals surface area contributed by atoms with Crippen molar-refractivity contribution < 1.29 is 8.42 Å². The summed E-state index contributed by atoms with van der Waals surface area (Å²) in [6, 6.07) is 3.77. The summed E-state index contributed by atoms with van der Waals surface area (Å²) in [5.41, 5.74) is 0. The van der Waals surface area contributed by atoms with Crippen LogP contribution >= 0.6 is 34.4 Å². The molecule has 8 heteroatoms. The second-order valence-electron chi connectivity index (χ2n) is 4.45. The van der Waals surface area contributed by atoms with Gasteiger partial charge in [0.25, 0.3) is 0 Å². The van der Waals surface area contributed by atoms with E-state index in [1.54, 1.807) is 17.4 Å². The van der Waals surface area contributed by atoms with E-state index in [1.807, 2.05) is 11.8 Å². The Morgan fingerprint density at radius 3 is 2.58 bits per heavy atom. The second-order valence-corrected chi connectivity index (χ2v) is 9.91. The number of thiophene rings is 2. The number of primary sulfonamides is 1. The van der Waals surface area contributed by atoms with Gasteiger partial charge in [0.15, 0.2) is 0 Å². The minimum absolute atomic E-state index is 0.259. The van der Waals surface area contributed by atoms with Crippen LogP contribution in [-0.2, 0) is 16.6 Å². The van der Waals surface area contributed by atoms with Gasteiger partial charge in [-0.05, 0) is 12.1 Å². The highest BCUT2D eigenvalue weighted by Crippen LogP contribution is 2.35. The Hall–Kier alpha value is -0.120. The summed E-state index contributed by atoms with van der Waals surface area (Å²) in [6.45, 7) is 3.24. The Bertz CT molecular complexity index is 651. The van der Waals surface area contributed by atoms with Crippen LogP contribution in [0.1, 0.15) is 4.88 Å². The summed E-state index contributed by atoms with van der Waals surface area (Å²) in [5.74, 6) is 2.41. The van der Waals surface area contributed by atoms with E-state index in [2.05, 4.69) is 11.0 Å². The number of hydrogen-bond donors (Lipinski definition) is 1. The SMILES string of the molecule is NS(=O)(=O)c1cc2cc(CN3CCSCC3)sc2s1. The van der Waals surface area contributed by atoms with Gasteiger partial charge in [-0.1, -0.05) is 0 Å². The summed E-state index contributed by atoms with van der Waals surface area (Å²) in [7, 11) is -3.56. The fourth-order valence-electron chi connectivity index (χ4n) is 2.07. The highest BCUT2D eigenvalue weighted by Gasteiger charge is 2.16. The van der Waals surface area contributed by atoms with Crippen LogP contribution in [0, 0.1) is 0 Å². The lowest BCUT2D eigenvalue weighted by Gasteiger charge is -2.25. The first-order valence-electron chi connectivity index (χ1n) is 5.87. The van der Waals surface area contributed by atoms with Gasteiger partial charge in [0.05, 0.1) is 4.01 Å². The van der Waals surface area contributed by atoms with Crippen molar-refractivity contribution in [3.05, 3.63) is 17.0 Å². The Morgan fingerprint density at radius 1 is 1.21 bits per heavy atom. The number of fused-ring (bicyclic) bond motifs is 1. The van der Waals surface area contributed by atoms with E-state index < -0.39 is 10.0 Å². The molecule has 19 heavy (non-hydrogen) atoms. The molecule has 1 saturated heterocycles. The molecule has 1 fully saturated rings. The van der Waals surface area contributed by atoms with Gasteiger partial charge in [-0.3, -0.25) is 4.90 Å². The van der Waals surface area contributed by atoms with Crippen LogP contribution in [0.2, 0.25) is 0 Å². The Labute approximate surface area is 124 Å². The first kappa shape index (κ1) is 13.8. The lowest BCUT2D eigenvalue weighted by Crippen LogP contribution is -2.31. The predicted molar refractivity (Wildman–Crippen MR) is 83.7 cm³/mol. The maximum absolute atomic E-state index is 11.3. The number of sulfonamides is 1. The zero-order chi connectivity index (χ0) is 13.5. The summed E-state index contributed by atoms with van der Waals surface area (Å²) < 4.78 is 23.9. The second kappa shape index (κ2) is 5.34. The summed E-state index contributed by atoms with van der Waals surface area (Å²) in [5, 5.41) is 6.14.